The fourth-order valence-electron chi connectivity index (χ4n) is 1.66. The van der Waals surface area contributed by atoms with Gasteiger partial charge in [-0.3, -0.25) is 9.97 Å². The van der Waals surface area contributed by atoms with Crippen LogP contribution in [0.5, 0.6) is 0 Å². The van der Waals surface area contributed by atoms with E-state index in [9.17, 15) is 0 Å². The molecule has 0 aromatic carbocycles. The van der Waals surface area contributed by atoms with Gasteiger partial charge in [0.15, 0.2) is 0 Å². The molecule has 2 aromatic rings. The molecule has 0 fully saturated rings. The van der Waals surface area contributed by atoms with E-state index >= 15 is 0 Å². The number of aryl methyl sites for hydroxylation is 1. The second kappa shape index (κ2) is 5.33. The number of nitrogens with zero attached hydrogens (tertiary/aromatic N) is 3. The Morgan fingerprint density at radius 2 is 2.12 bits per heavy atom. The van der Waals surface area contributed by atoms with Gasteiger partial charge >= 0.3 is 0 Å². The summed E-state index contributed by atoms with van der Waals surface area (Å²) in [6.45, 7) is 4.06. The topological polar surface area (TPSA) is 64.7 Å². The molecule has 1 atom stereocenters. The molecule has 0 saturated carbocycles. The third kappa shape index (κ3) is 2.68. The Kier molecular flexibility index (Phi) is 3.81. The van der Waals surface area contributed by atoms with Crippen LogP contribution in [-0.2, 0) is 0 Å². The molecule has 17 heavy (non-hydrogen) atoms. The van der Waals surface area contributed by atoms with Crippen molar-refractivity contribution in [3.05, 3.63) is 28.5 Å². The van der Waals surface area contributed by atoms with Gasteiger partial charge in [0.2, 0.25) is 0 Å². The van der Waals surface area contributed by atoms with Crippen molar-refractivity contribution in [2.45, 2.75) is 32.7 Å². The minimum absolute atomic E-state index is 0.0377. The molecule has 90 valence electrons. The molecule has 2 aromatic heterocycles. The van der Waals surface area contributed by atoms with Gasteiger partial charge in [-0.2, -0.15) is 0 Å². The molecule has 0 radical (unpaired) electrons. The largest absolute Gasteiger partial charge is 0.322 e. The summed E-state index contributed by atoms with van der Waals surface area (Å²) in [5, 5.41) is 2.98. The number of thiazole rings is 1. The van der Waals surface area contributed by atoms with E-state index in [0.29, 0.717) is 0 Å². The van der Waals surface area contributed by atoms with Crippen molar-refractivity contribution in [1.29, 1.82) is 0 Å². The Bertz CT molecular complexity index is 495. The number of aromatic nitrogens is 3. The molecule has 0 aliphatic carbocycles. The van der Waals surface area contributed by atoms with Gasteiger partial charge < -0.3 is 5.73 Å². The van der Waals surface area contributed by atoms with Crippen LogP contribution in [0.25, 0.3) is 11.4 Å². The highest BCUT2D eigenvalue weighted by atomic mass is 32.1. The maximum Gasteiger partial charge on any atom is 0.111 e. The van der Waals surface area contributed by atoms with E-state index in [1.54, 1.807) is 23.7 Å². The molecule has 2 heterocycles. The average Bonchev–Trinajstić information content (AvgIpc) is 2.79. The highest BCUT2D eigenvalue weighted by Crippen LogP contribution is 2.26. The standard InChI is InChI=1S/C12H16N4S/c1-3-4-9(13)12-16-10(7-17-12)11-8(2)14-5-6-15-11/h5-7,9H,3-4,13H2,1-2H3. The van der Waals surface area contributed by atoms with E-state index in [1.165, 1.54) is 0 Å². The van der Waals surface area contributed by atoms with Crippen LogP contribution in [0.4, 0.5) is 0 Å². The first kappa shape index (κ1) is 12.1. The zero-order valence-corrected chi connectivity index (χ0v) is 10.9. The summed E-state index contributed by atoms with van der Waals surface area (Å²) in [6.07, 6.45) is 5.41. The zero-order valence-electron chi connectivity index (χ0n) is 10.1. The van der Waals surface area contributed by atoms with E-state index in [2.05, 4.69) is 21.9 Å². The maximum absolute atomic E-state index is 6.05. The lowest BCUT2D eigenvalue weighted by molar-refractivity contribution is 0.635. The Labute approximate surface area is 105 Å². The summed E-state index contributed by atoms with van der Waals surface area (Å²) in [5.41, 5.74) is 8.67. The predicted octanol–water partition coefficient (Wildman–Crippen LogP) is 2.71. The van der Waals surface area contributed by atoms with Crippen LogP contribution in [0.15, 0.2) is 17.8 Å². The molecule has 2 N–H and O–H groups in total. The second-order valence-corrected chi connectivity index (χ2v) is 4.85. The predicted molar refractivity (Wildman–Crippen MR) is 69.7 cm³/mol. The first-order chi connectivity index (χ1) is 8.22. The molecule has 4 nitrogen and oxygen atoms in total. The van der Waals surface area contributed by atoms with Crippen LogP contribution >= 0.6 is 11.3 Å². The van der Waals surface area contributed by atoms with Gasteiger partial charge in [0, 0.05) is 17.8 Å². The highest BCUT2D eigenvalue weighted by Gasteiger charge is 2.13. The van der Waals surface area contributed by atoms with Crippen molar-refractivity contribution < 1.29 is 0 Å². The van der Waals surface area contributed by atoms with Gasteiger partial charge in [-0.25, -0.2) is 4.98 Å². The number of rotatable bonds is 4. The summed E-state index contributed by atoms with van der Waals surface area (Å²) in [7, 11) is 0. The summed E-state index contributed by atoms with van der Waals surface area (Å²) in [5.74, 6) is 0. The highest BCUT2D eigenvalue weighted by molar-refractivity contribution is 7.10. The lowest BCUT2D eigenvalue weighted by Gasteiger charge is -2.05. The van der Waals surface area contributed by atoms with E-state index in [4.69, 9.17) is 5.73 Å². The SMILES string of the molecule is CCCC(N)c1nc(-c2nccnc2C)cs1. The fourth-order valence-corrected chi connectivity index (χ4v) is 2.50. The first-order valence-electron chi connectivity index (χ1n) is 5.71. The fraction of sp³-hybridized carbons (Fsp3) is 0.417. The summed E-state index contributed by atoms with van der Waals surface area (Å²) < 4.78 is 0. The molecule has 0 spiro atoms. The molecule has 0 saturated heterocycles. The van der Waals surface area contributed by atoms with Gasteiger partial charge in [-0.15, -0.1) is 11.3 Å². The molecule has 2 rings (SSSR count). The Balaban J connectivity index is 2.27. The second-order valence-electron chi connectivity index (χ2n) is 3.96. The Hall–Kier alpha value is -1.33. The maximum atomic E-state index is 6.05. The normalized spacial score (nSPS) is 12.6. The van der Waals surface area contributed by atoms with Crippen molar-refractivity contribution >= 4 is 11.3 Å². The molecular formula is C12H16N4S. The van der Waals surface area contributed by atoms with Crippen LogP contribution in [-0.4, -0.2) is 15.0 Å². The van der Waals surface area contributed by atoms with Crippen molar-refractivity contribution in [3.63, 3.8) is 0 Å². The van der Waals surface area contributed by atoms with E-state index < -0.39 is 0 Å². The lowest BCUT2D eigenvalue weighted by Crippen LogP contribution is -2.09. The molecule has 0 amide bonds. The quantitative estimate of drug-likeness (QED) is 0.903. The minimum Gasteiger partial charge on any atom is -0.322 e. The number of hydrogen-bond donors (Lipinski definition) is 1. The summed E-state index contributed by atoms with van der Waals surface area (Å²) >= 11 is 1.60. The minimum atomic E-state index is 0.0377. The van der Waals surface area contributed by atoms with Crippen molar-refractivity contribution in [3.8, 4) is 11.4 Å². The number of hydrogen-bond acceptors (Lipinski definition) is 5. The smallest absolute Gasteiger partial charge is 0.111 e. The van der Waals surface area contributed by atoms with Crippen molar-refractivity contribution in [1.82, 2.24) is 15.0 Å². The molecule has 0 aliphatic rings. The molecule has 5 heteroatoms. The number of nitrogens with two attached hydrogens (primary N) is 1. The molecular weight excluding hydrogens is 232 g/mol. The van der Waals surface area contributed by atoms with Gasteiger partial charge in [0.25, 0.3) is 0 Å². The van der Waals surface area contributed by atoms with Gasteiger partial charge in [0.1, 0.15) is 16.4 Å². The van der Waals surface area contributed by atoms with Crippen LogP contribution in [0, 0.1) is 6.92 Å². The van der Waals surface area contributed by atoms with Gasteiger partial charge in [0.05, 0.1) is 11.7 Å². The van der Waals surface area contributed by atoms with Crippen LogP contribution in [0.2, 0.25) is 0 Å². The third-order valence-corrected chi connectivity index (χ3v) is 3.54. The van der Waals surface area contributed by atoms with E-state index in [1.807, 2.05) is 12.3 Å². The lowest BCUT2D eigenvalue weighted by atomic mass is 10.2. The molecule has 0 aliphatic heterocycles. The van der Waals surface area contributed by atoms with E-state index in [-0.39, 0.29) is 6.04 Å². The van der Waals surface area contributed by atoms with Crippen LogP contribution < -0.4 is 5.73 Å². The van der Waals surface area contributed by atoms with E-state index in [0.717, 1.165) is 34.9 Å². The summed E-state index contributed by atoms with van der Waals surface area (Å²) in [6, 6.07) is 0.0377. The first-order valence-corrected chi connectivity index (χ1v) is 6.59. The van der Waals surface area contributed by atoms with Crippen LogP contribution in [0.1, 0.15) is 36.5 Å². The average molecular weight is 248 g/mol. The Morgan fingerprint density at radius 3 is 2.82 bits per heavy atom. The Morgan fingerprint density at radius 1 is 1.35 bits per heavy atom. The van der Waals surface area contributed by atoms with Gasteiger partial charge in [-0.05, 0) is 13.3 Å². The molecule has 0 bridgehead atoms. The summed E-state index contributed by atoms with van der Waals surface area (Å²) in [4.78, 5) is 13.1. The zero-order chi connectivity index (χ0) is 12.3. The van der Waals surface area contributed by atoms with Crippen LogP contribution in [0.3, 0.4) is 0 Å². The third-order valence-electron chi connectivity index (χ3n) is 2.56. The van der Waals surface area contributed by atoms with Crippen molar-refractivity contribution in [2.75, 3.05) is 0 Å². The monoisotopic (exact) mass is 248 g/mol. The van der Waals surface area contributed by atoms with Crippen molar-refractivity contribution in [2.24, 2.45) is 5.73 Å². The molecule has 1 unspecified atom stereocenters. The van der Waals surface area contributed by atoms with Gasteiger partial charge in [-0.1, -0.05) is 13.3 Å².